The zero-order valence-electron chi connectivity index (χ0n) is 31.3. The fourth-order valence-corrected chi connectivity index (χ4v) is 7.88. The van der Waals surface area contributed by atoms with E-state index in [0.717, 1.165) is 0 Å². The van der Waals surface area contributed by atoms with E-state index in [0.29, 0.717) is 12.8 Å². The molecule has 3 saturated heterocycles. The van der Waals surface area contributed by atoms with Crippen LogP contribution in [0.25, 0.3) is 0 Å². The average Bonchev–Trinajstić information content (AvgIpc) is 3.37. The molecule has 3 fully saturated rings. The van der Waals surface area contributed by atoms with E-state index in [1.165, 1.54) is 14.2 Å². The third-order valence-electron chi connectivity index (χ3n) is 11.0. The maximum absolute atomic E-state index is 14.1. The average molecular weight is 701 g/mol. The van der Waals surface area contributed by atoms with Crippen LogP contribution in [0, 0.1) is 23.7 Å². The van der Waals surface area contributed by atoms with Gasteiger partial charge in [0, 0.05) is 30.9 Å². The van der Waals surface area contributed by atoms with Crippen LogP contribution in [0.1, 0.15) is 81.1 Å². The molecule has 0 radical (unpaired) electrons. The Hall–Kier alpha value is -2.36. The van der Waals surface area contributed by atoms with Gasteiger partial charge in [-0.3, -0.25) is 14.4 Å². The highest BCUT2D eigenvalue weighted by Gasteiger charge is 2.57. The van der Waals surface area contributed by atoms with Crippen LogP contribution in [0.15, 0.2) is 0 Å². The molecule has 2 N–H and O–H groups in total. The van der Waals surface area contributed by atoms with Crippen LogP contribution >= 0.6 is 0 Å². The smallest absolute Gasteiger partial charge is 0.408 e. The second-order valence-electron chi connectivity index (χ2n) is 14.8. The van der Waals surface area contributed by atoms with Gasteiger partial charge in [-0.1, -0.05) is 27.7 Å². The normalized spacial score (nSPS) is 42.4. The molecule has 3 aliphatic heterocycles. The van der Waals surface area contributed by atoms with Crippen molar-refractivity contribution in [2.24, 2.45) is 23.7 Å². The number of amides is 1. The van der Waals surface area contributed by atoms with Gasteiger partial charge >= 0.3 is 18.0 Å². The number of cyclic esters (lactones) is 1. The minimum absolute atomic E-state index is 0.0332. The molecule has 3 heterocycles. The lowest BCUT2D eigenvalue weighted by Crippen LogP contribution is -2.61. The minimum Gasteiger partial charge on any atom is -0.469 e. The number of aliphatic hydroxyl groups excluding tert-OH is 1. The number of methoxy groups -OCH3 is 2. The predicted octanol–water partition coefficient (Wildman–Crippen LogP) is 2.86. The van der Waals surface area contributed by atoms with Gasteiger partial charge in [0.15, 0.2) is 11.9 Å². The molecule has 1 amide bonds. The van der Waals surface area contributed by atoms with Gasteiger partial charge in [0.05, 0.1) is 56.0 Å². The van der Waals surface area contributed by atoms with Crippen LogP contribution in [0.4, 0.5) is 4.79 Å². The van der Waals surface area contributed by atoms with E-state index in [4.69, 9.17) is 33.2 Å². The number of fused-ring (bicyclic) bond motifs is 1. The molecule has 3 rings (SSSR count). The Kier molecular flexibility index (Phi) is 14.1. The van der Waals surface area contributed by atoms with Gasteiger partial charge in [0.1, 0.15) is 18.0 Å². The van der Waals surface area contributed by atoms with Gasteiger partial charge in [-0.15, -0.1) is 0 Å². The number of carbonyl (C=O) groups excluding carboxylic acids is 4. The highest BCUT2D eigenvalue weighted by molar-refractivity contribution is 5.85. The molecule has 0 aliphatic carbocycles. The second kappa shape index (κ2) is 16.8. The monoisotopic (exact) mass is 700 g/mol. The first kappa shape index (κ1) is 41.1. The zero-order valence-corrected chi connectivity index (χ0v) is 31.3. The Bertz CT molecular complexity index is 1170. The first-order valence-electron chi connectivity index (χ1n) is 17.5. The Labute approximate surface area is 291 Å². The van der Waals surface area contributed by atoms with Gasteiger partial charge < -0.3 is 48.5 Å². The number of hydrogen-bond donors (Lipinski definition) is 2. The van der Waals surface area contributed by atoms with Gasteiger partial charge in [-0.25, -0.2) is 4.79 Å². The Morgan fingerprint density at radius 2 is 1.71 bits per heavy atom. The van der Waals surface area contributed by atoms with Crippen LogP contribution in [-0.4, -0.2) is 129 Å². The summed E-state index contributed by atoms with van der Waals surface area (Å²) in [5, 5.41) is 14.6. The summed E-state index contributed by atoms with van der Waals surface area (Å²) >= 11 is 0. The van der Waals surface area contributed by atoms with Crippen molar-refractivity contribution in [3.63, 3.8) is 0 Å². The number of esters is 2. The zero-order chi connectivity index (χ0) is 37.0. The molecule has 3 aliphatic rings. The minimum atomic E-state index is -1.33. The molecular weight excluding hydrogens is 640 g/mol. The Balaban J connectivity index is 2.09. The topological polar surface area (TPSA) is 168 Å². The molecule has 0 aromatic rings. The summed E-state index contributed by atoms with van der Waals surface area (Å²) in [4.78, 5) is 54.3. The number of carbonyl (C=O) groups is 4. The second-order valence-corrected chi connectivity index (χ2v) is 14.8. The summed E-state index contributed by atoms with van der Waals surface area (Å²) in [5.41, 5.74) is -2.52. The van der Waals surface area contributed by atoms with Crippen LogP contribution in [0.3, 0.4) is 0 Å². The van der Waals surface area contributed by atoms with E-state index in [-0.39, 0.29) is 37.4 Å². The summed E-state index contributed by atoms with van der Waals surface area (Å²) in [6.07, 6.45) is -4.50. The van der Waals surface area contributed by atoms with Gasteiger partial charge in [-0.2, -0.15) is 0 Å². The highest BCUT2D eigenvalue weighted by Crippen LogP contribution is 2.41. The van der Waals surface area contributed by atoms with Crippen LogP contribution < -0.4 is 5.32 Å². The molecule has 282 valence electrons. The third kappa shape index (κ3) is 8.93. The van der Waals surface area contributed by atoms with Crippen LogP contribution in [-0.2, 0) is 47.5 Å². The molecular formula is C35H60N2O12. The largest absolute Gasteiger partial charge is 0.469 e. The molecule has 14 atom stereocenters. The lowest BCUT2D eigenvalue weighted by molar-refractivity contribution is -0.308. The van der Waals surface area contributed by atoms with Crippen molar-refractivity contribution in [2.45, 2.75) is 141 Å². The van der Waals surface area contributed by atoms with E-state index >= 15 is 0 Å². The summed E-state index contributed by atoms with van der Waals surface area (Å²) in [7, 11) is 6.69. The lowest BCUT2D eigenvalue weighted by Gasteiger charge is -2.49. The number of Topliss-reactive ketones (excluding diaryl/α,β-unsaturated/α-hetero) is 1. The van der Waals surface area contributed by atoms with Crippen molar-refractivity contribution >= 4 is 23.8 Å². The molecule has 14 nitrogen and oxygen atoms in total. The number of ketones is 1. The molecule has 49 heavy (non-hydrogen) atoms. The van der Waals surface area contributed by atoms with Crippen molar-refractivity contribution in [1.29, 1.82) is 0 Å². The SMILES string of the molecule is CC[C@H]1OC(=O)[C@H](C)[C@@H](O)[C@H](C)[C@@H](O[C@@H]2O[C@H](C)C[C@H](N(C)C)[C@H]2OCCC(=O)OC)[C@@](C)(OC)C[C@@H](C)C(=O)[C@H](C)[C@H]2NC(=O)O[C@@]21C. The molecule has 0 aromatic heterocycles. The van der Waals surface area contributed by atoms with Crippen LogP contribution in [0.5, 0.6) is 0 Å². The van der Waals surface area contributed by atoms with Gasteiger partial charge in [0.2, 0.25) is 0 Å². The number of likely N-dealkylation sites (N-methyl/N-ethyl adjacent to an activating group) is 1. The molecule has 14 heteroatoms. The number of aliphatic hydroxyl groups is 1. The molecule has 0 saturated carbocycles. The number of nitrogens with zero attached hydrogens (tertiary/aromatic N) is 1. The fourth-order valence-electron chi connectivity index (χ4n) is 7.88. The standard InChI is InChI=1S/C35H60N2O12/c1-13-24-35(8)29(36-33(42)49-35)20(4)26(39)18(2)17-34(7,44-12)30(21(5)27(40)22(6)31(41)47-24)48-32-28(45-15-14-25(38)43-11)23(37(9)10)16-19(3)46-32/h18-24,27-30,32,40H,13-17H2,1-12H3,(H,36,42)/t18-,19-,20+,21+,22-,23+,24-,27+,28-,29-,30-,32+,34+,35-/m1/s1. The number of hydrogen-bond acceptors (Lipinski definition) is 13. The summed E-state index contributed by atoms with van der Waals surface area (Å²) in [5.74, 6) is -4.32. The number of alkyl carbamates (subject to hydrolysis) is 1. The van der Waals surface area contributed by atoms with Crippen LogP contribution in [0.2, 0.25) is 0 Å². The fraction of sp³-hybridized carbons (Fsp3) is 0.886. The quantitative estimate of drug-likeness (QED) is 0.266. The van der Waals surface area contributed by atoms with E-state index in [1.54, 1.807) is 41.5 Å². The van der Waals surface area contributed by atoms with Crippen molar-refractivity contribution in [3.05, 3.63) is 0 Å². The lowest BCUT2D eigenvalue weighted by atomic mass is 9.73. The molecule has 0 unspecified atom stereocenters. The van der Waals surface area contributed by atoms with Crippen molar-refractivity contribution < 1.29 is 57.4 Å². The predicted molar refractivity (Wildman–Crippen MR) is 177 cm³/mol. The van der Waals surface area contributed by atoms with Gasteiger partial charge in [0.25, 0.3) is 0 Å². The maximum Gasteiger partial charge on any atom is 0.408 e. The third-order valence-corrected chi connectivity index (χ3v) is 11.0. The molecule has 0 spiro atoms. The summed E-state index contributed by atoms with van der Waals surface area (Å²) in [6.45, 7) is 14.2. The highest BCUT2D eigenvalue weighted by atomic mass is 16.7. The van der Waals surface area contributed by atoms with Crippen molar-refractivity contribution in [3.8, 4) is 0 Å². The number of ether oxygens (including phenoxy) is 7. The van der Waals surface area contributed by atoms with Gasteiger partial charge in [-0.05, 0) is 61.1 Å². The Morgan fingerprint density at radius 3 is 2.29 bits per heavy atom. The molecule has 0 bridgehead atoms. The van der Waals surface area contributed by atoms with Crippen molar-refractivity contribution in [2.75, 3.05) is 34.9 Å². The molecule has 0 aromatic carbocycles. The first-order valence-corrected chi connectivity index (χ1v) is 17.5. The van der Waals surface area contributed by atoms with E-state index in [9.17, 15) is 24.3 Å². The van der Waals surface area contributed by atoms with E-state index < -0.39 is 89.7 Å². The van der Waals surface area contributed by atoms with E-state index in [2.05, 4.69) is 5.32 Å². The number of rotatable bonds is 9. The van der Waals surface area contributed by atoms with E-state index in [1.807, 2.05) is 32.8 Å². The first-order chi connectivity index (χ1) is 22.8. The summed E-state index contributed by atoms with van der Waals surface area (Å²) in [6, 6.07) is -0.933. The maximum atomic E-state index is 14.1. The summed E-state index contributed by atoms with van der Waals surface area (Å²) < 4.78 is 42.1. The number of nitrogens with one attached hydrogen (secondary N) is 1. The Morgan fingerprint density at radius 1 is 1.06 bits per heavy atom. The van der Waals surface area contributed by atoms with Crippen molar-refractivity contribution in [1.82, 2.24) is 10.2 Å².